The Morgan fingerprint density at radius 2 is 1.85 bits per heavy atom. The maximum Gasteiger partial charge on any atom is 0.344 e. The third-order valence-corrected chi connectivity index (χ3v) is 4.21. The number of carbonyl (C=O) groups is 1. The monoisotopic (exact) mass is 366 g/mol. The second-order valence-corrected chi connectivity index (χ2v) is 6.64. The molecule has 0 spiro atoms. The van der Waals surface area contributed by atoms with Gasteiger partial charge in [-0.3, -0.25) is 0 Å². The first-order valence-electron chi connectivity index (χ1n) is 8.86. The van der Waals surface area contributed by atoms with Gasteiger partial charge < -0.3 is 13.9 Å². The fourth-order valence-electron chi connectivity index (χ4n) is 2.91. The van der Waals surface area contributed by atoms with Crippen LogP contribution in [0.1, 0.15) is 30.5 Å². The maximum absolute atomic E-state index is 12.5. The smallest absolute Gasteiger partial charge is 0.344 e. The molecule has 0 unspecified atom stereocenters. The minimum absolute atomic E-state index is 0.193. The summed E-state index contributed by atoms with van der Waals surface area (Å²) in [5.74, 6) is 0.00232. The molecule has 3 rings (SSSR count). The van der Waals surface area contributed by atoms with Gasteiger partial charge in [0.05, 0.1) is 6.10 Å². The third kappa shape index (κ3) is 4.56. The highest BCUT2D eigenvalue weighted by Crippen LogP contribution is 2.25. The van der Waals surface area contributed by atoms with Crippen LogP contribution in [0, 0.1) is 6.92 Å². The van der Waals surface area contributed by atoms with E-state index in [-0.39, 0.29) is 18.3 Å². The molecule has 2 aromatic carbocycles. The highest BCUT2D eigenvalue weighted by molar-refractivity contribution is 5.82. The lowest BCUT2D eigenvalue weighted by Gasteiger charge is -2.11. The quantitative estimate of drug-likeness (QED) is 0.487. The number of benzene rings is 2. The van der Waals surface area contributed by atoms with E-state index in [0.29, 0.717) is 23.3 Å². The Morgan fingerprint density at radius 3 is 2.56 bits per heavy atom. The lowest BCUT2D eigenvalue weighted by atomic mass is 10.00. The largest absolute Gasteiger partial charge is 0.482 e. The molecule has 0 N–H and O–H groups in total. The molecule has 140 valence electrons. The summed E-state index contributed by atoms with van der Waals surface area (Å²) >= 11 is 0. The van der Waals surface area contributed by atoms with E-state index in [1.54, 1.807) is 26.0 Å². The first-order chi connectivity index (χ1) is 12.9. The summed E-state index contributed by atoms with van der Waals surface area (Å²) in [6.07, 6.45) is 0.325. The molecule has 1 aromatic heterocycles. The summed E-state index contributed by atoms with van der Waals surface area (Å²) < 4.78 is 16.0. The highest BCUT2D eigenvalue weighted by atomic mass is 16.6. The summed E-state index contributed by atoms with van der Waals surface area (Å²) in [6.45, 7) is 5.27. The summed E-state index contributed by atoms with van der Waals surface area (Å²) in [4.78, 5) is 24.1. The fourth-order valence-corrected chi connectivity index (χ4v) is 2.91. The lowest BCUT2D eigenvalue weighted by Crippen LogP contribution is -2.18. The van der Waals surface area contributed by atoms with Crippen LogP contribution in [-0.4, -0.2) is 18.7 Å². The van der Waals surface area contributed by atoms with Crippen molar-refractivity contribution in [3.63, 3.8) is 0 Å². The predicted molar refractivity (Wildman–Crippen MR) is 103 cm³/mol. The topological polar surface area (TPSA) is 65.7 Å². The van der Waals surface area contributed by atoms with Crippen LogP contribution in [0.2, 0.25) is 0 Å². The van der Waals surface area contributed by atoms with Gasteiger partial charge in [-0.05, 0) is 44.0 Å². The van der Waals surface area contributed by atoms with Gasteiger partial charge in [-0.2, -0.15) is 0 Å². The van der Waals surface area contributed by atoms with Crippen LogP contribution in [0.5, 0.6) is 5.75 Å². The summed E-state index contributed by atoms with van der Waals surface area (Å²) in [5.41, 5.74) is 2.65. The number of hydrogen-bond acceptors (Lipinski definition) is 5. The number of hydrogen-bond donors (Lipinski definition) is 0. The van der Waals surface area contributed by atoms with Gasteiger partial charge >= 0.3 is 11.6 Å². The zero-order valence-electron chi connectivity index (χ0n) is 15.7. The van der Waals surface area contributed by atoms with Crippen LogP contribution in [0.3, 0.4) is 0 Å². The number of rotatable bonds is 6. The van der Waals surface area contributed by atoms with Crippen LogP contribution in [0.4, 0.5) is 0 Å². The van der Waals surface area contributed by atoms with Crippen LogP contribution in [-0.2, 0) is 16.0 Å². The van der Waals surface area contributed by atoms with Crippen LogP contribution in [0.15, 0.2) is 57.7 Å². The number of fused-ring (bicyclic) bond motifs is 1. The molecular weight excluding hydrogens is 344 g/mol. The van der Waals surface area contributed by atoms with Crippen molar-refractivity contribution in [1.29, 1.82) is 0 Å². The molecule has 5 nitrogen and oxygen atoms in total. The summed E-state index contributed by atoms with van der Waals surface area (Å²) in [7, 11) is 0. The van der Waals surface area contributed by atoms with Crippen LogP contribution < -0.4 is 10.4 Å². The van der Waals surface area contributed by atoms with Crippen molar-refractivity contribution in [3.8, 4) is 5.75 Å². The highest BCUT2D eigenvalue weighted by Gasteiger charge is 2.13. The molecule has 0 amide bonds. The Bertz CT molecular complexity index is 1000. The van der Waals surface area contributed by atoms with Crippen molar-refractivity contribution >= 4 is 16.9 Å². The second kappa shape index (κ2) is 8.08. The predicted octanol–water partition coefficient (Wildman–Crippen LogP) is 4.02. The first kappa shape index (κ1) is 18.7. The van der Waals surface area contributed by atoms with E-state index in [0.717, 1.165) is 16.5 Å². The third-order valence-electron chi connectivity index (χ3n) is 4.21. The summed E-state index contributed by atoms with van der Waals surface area (Å²) in [5, 5.41) is 0.845. The molecule has 0 aliphatic rings. The zero-order chi connectivity index (χ0) is 19.4. The molecule has 0 atom stereocenters. The fraction of sp³-hybridized carbons (Fsp3) is 0.273. The maximum atomic E-state index is 12.5. The SMILES string of the molecule is Cc1c(Cc2ccccc2)c(=O)oc2cc(OCC(=O)OC(C)C)ccc12. The molecule has 0 saturated heterocycles. The summed E-state index contributed by atoms with van der Waals surface area (Å²) in [6, 6.07) is 15.0. The van der Waals surface area contributed by atoms with E-state index in [2.05, 4.69) is 0 Å². The minimum atomic E-state index is -0.444. The van der Waals surface area contributed by atoms with Gasteiger partial charge in [0, 0.05) is 23.4 Å². The molecule has 0 saturated carbocycles. The molecule has 0 fully saturated rings. The minimum Gasteiger partial charge on any atom is -0.482 e. The average Bonchev–Trinajstić information content (AvgIpc) is 2.63. The van der Waals surface area contributed by atoms with E-state index in [1.807, 2.05) is 43.3 Å². The Balaban J connectivity index is 1.85. The number of carbonyl (C=O) groups excluding carboxylic acids is 1. The normalized spacial score (nSPS) is 11.0. The van der Waals surface area contributed by atoms with Gasteiger partial charge in [0.25, 0.3) is 0 Å². The lowest BCUT2D eigenvalue weighted by molar-refractivity contribution is -0.149. The van der Waals surface area contributed by atoms with Crippen LogP contribution >= 0.6 is 0 Å². The molecule has 0 radical (unpaired) electrons. The first-order valence-corrected chi connectivity index (χ1v) is 8.86. The van der Waals surface area contributed by atoms with E-state index in [9.17, 15) is 9.59 Å². The molecule has 0 aliphatic heterocycles. The van der Waals surface area contributed by atoms with Gasteiger partial charge in [-0.25, -0.2) is 9.59 Å². The van der Waals surface area contributed by atoms with E-state index in [1.165, 1.54) is 0 Å². The van der Waals surface area contributed by atoms with Crippen molar-refractivity contribution in [3.05, 3.63) is 75.6 Å². The molecule has 27 heavy (non-hydrogen) atoms. The molecule has 0 bridgehead atoms. The Morgan fingerprint density at radius 1 is 1.11 bits per heavy atom. The van der Waals surface area contributed by atoms with Crippen molar-refractivity contribution in [2.45, 2.75) is 33.3 Å². The van der Waals surface area contributed by atoms with Crippen LogP contribution in [0.25, 0.3) is 11.0 Å². The van der Waals surface area contributed by atoms with Crippen molar-refractivity contribution in [2.24, 2.45) is 0 Å². The standard InChI is InChI=1S/C22H22O5/c1-14(2)26-21(23)13-25-17-9-10-18-15(3)19(22(24)27-20(18)12-17)11-16-7-5-4-6-8-16/h4-10,12,14H,11,13H2,1-3H3. The van der Waals surface area contributed by atoms with Crippen molar-refractivity contribution < 1.29 is 18.7 Å². The molecule has 5 heteroatoms. The van der Waals surface area contributed by atoms with Gasteiger partial charge in [0.2, 0.25) is 0 Å². The number of ether oxygens (including phenoxy) is 2. The molecule has 1 heterocycles. The van der Waals surface area contributed by atoms with Gasteiger partial charge in [-0.15, -0.1) is 0 Å². The Kier molecular flexibility index (Phi) is 5.60. The average molecular weight is 366 g/mol. The van der Waals surface area contributed by atoms with Crippen molar-refractivity contribution in [2.75, 3.05) is 6.61 Å². The van der Waals surface area contributed by atoms with E-state index in [4.69, 9.17) is 13.9 Å². The molecular formula is C22H22O5. The van der Waals surface area contributed by atoms with Gasteiger partial charge in [-0.1, -0.05) is 30.3 Å². The van der Waals surface area contributed by atoms with Crippen molar-refractivity contribution in [1.82, 2.24) is 0 Å². The number of aryl methyl sites for hydroxylation is 1. The molecule has 3 aromatic rings. The van der Waals surface area contributed by atoms with Gasteiger partial charge in [0.1, 0.15) is 11.3 Å². The van der Waals surface area contributed by atoms with Gasteiger partial charge in [0.15, 0.2) is 6.61 Å². The van der Waals surface area contributed by atoms with E-state index < -0.39 is 5.97 Å². The molecule has 0 aliphatic carbocycles. The second-order valence-electron chi connectivity index (χ2n) is 6.64. The number of esters is 1. The Hall–Kier alpha value is -3.08. The van der Waals surface area contributed by atoms with E-state index >= 15 is 0 Å². The zero-order valence-corrected chi connectivity index (χ0v) is 15.7. The Labute approximate surface area is 157 Å².